The number of aromatic nitrogens is 1. The van der Waals surface area contributed by atoms with Gasteiger partial charge in [0.1, 0.15) is 0 Å². The molecule has 5 aromatic rings. The minimum absolute atomic E-state index is 0.710. The van der Waals surface area contributed by atoms with Crippen molar-refractivity contribution in [1.82, 2.24) is 4.98 Å². The molecule has 0 atom stereocenters. The molecule has 1 heteroatoms. The van der Waals surface area contributed by atoms with Crippen LogP contribution in [0.5, 0.6) is 0 Å². The third-order valence-corrected chi connectivity index (χ3v) is 6.65. The van der Waals surface area contributed by atoms with Crippen molar-refractivity contribution in [2.45, 2.75) is 31.6 Å². The van der Waals surface area contributed by atoms with Gasteiger partial charge in [-0.2, -0.15) is 0 Å². The molecular formula is C28H23N. The van der Waals surface area contributed by atoms with Gasteiger partial charge in [0.2, 0.25) is 0 Å². The maximum Gasteiger partial charge on any atom is 0.0705 e. The van der Waals surface area contributed by atoms with Crippen LogP contribution >= 0.6 is 0 Å². The van der Waals surface area contributed by atoms with E-state index in [0.717, 1.165) is 5.69 Å². The summed E-state index contributed by atoms with van der Waals surface area (Å²) in [4.78, 5) is 4.73. The second-order valence-corrected chi connectivity index (χ2v) is 8.31. The fraction of sp³-hybridized carbons (Fsp3) is 0.179. The molecule has 29 heavy (non-hydrogen) atoms. The predicted molar refractivity (Wildman–Crippen MR) is 123 cm³/mol. The lowest BCUT2D eigenvalue weighted by molar-refractivity contribution is 0.722. The average molecular weight is 373 g/mol. The molecule has 1 nitrogen and oxygen atoms in total. The molecule has 0 N–H and O–H groups in total. The number of fused-ring (bicyclic) bond motifs is 6. The van der Waals surface area contributed by atoms with Crippen molar-refractivity contribution in [2.24, 2.45) is 0 Å². The SMILES string of the molecule is c1ccc2c(c1)c1ccccc1c1cc(-c3cc(C4CCCC4)ccn3)ccc21. The number of pyridine rings is 1. The fourth-order valence-electron chi connectivity index (χ4n) is 5.18. The Morgan fingerprint density at radius 1 is 0.586 bits per heavy atom. The summed E-state index contributed by atoms with van der Waals surface area (Å²) in [6, 6.07) is 28.9. The van der Waals surface area contributed by atoms with Crippen LogP contribution in [0.25, 0.3) is 43.6 Å². The van der Waals surface area contributed by atoms with Gasteiger partial charge in [0.15, 0.2) is 0 Å². The second-order valence-electron chi connectivity index (χ2n) is 8.31. The lowest BCUT2D eigenvalue weighted by atomic mass is 9.92. The third kappa shape index (κ3) is 2.73. The first-order valence-corrected chi connectivity index (χ1v) is 10.7. The van der Waals surface area contributed by atoms with E-state index in [1.807, 2.05) is 6.20 Å². The van der Waals surface area contributed by atoms with E-state index in [1.165, 1.54) is 69.1 Å². The Morgan fingerprint density at radius 3 is 1.83 bits per heavy atom. The van der Waals surface area contributed by atoms with E-state index >= 15 is 0 Å². The first-order chi connectivity index (χ1) is 14.4. The molecule has 0 spiro atoms. The molecule has 1 fully saturated rings. The quantitative estimate of drug-likeness (QED) is 0.287. The van der Waals surface area contributed by atoms with Gasteiger partial charge < -0.3 is 0 Å². The van der Waals surface area contributed by atoms with Crippen LogP contribution in [0.2, 0.25) is 0 Å². The number of benzene rings is 4. The van der Waals surface area contributed by atoms with Gasteiger partial charge in [-0.05, 0) is 74.8 Å². The summed E-state index contributed by atoms with van der Waals surface area (Å²) in [6.07, 6.45) is 7.34. The summed E-state index contributed by atoms with van der Waals surface area (Å²) in [5.74, 6) is 0.710. The molecule has 0 bridgehead atoms. The van der Waals surface area contributed by atoms with Crippen molar-refractivity contribution < 1.29 is 0 Å². The number of nitrogens with zero attached hydrogens (tertiary/aromatic N) is 1. The van der Waals surface area contributed by atoms with Crippen LogP contribution in [-0.4, -0.2) is 4.98 Å². The Morgan fingerprint density at radius 2 is 1.17 bits per heavy atom. The van der Waals surface area contributed by atoms with E-state index < -0.39 is 0 Å². The molecule has 140 valence electrons. The van der Waals surface area contributed by atoms with Gasteiger partial charge in [0.05, 0.1) is 5.69 Å². The minimum Gasteiger partial charge on any atom is -0.256 e. The third-order valence-electron chi connectivity index (χ3n) is 6.65. The summed E-state index contributed by atoms with van der Waals surface area (Å²) in [5, 5.41) is 7.90. The van der Waals surface area contributed by atoms with Crippen molar-refractivity contribution in [3.05, 3.63) is 90.6 Å². The number of hydrogen-bond donors (Lipinski definition) is 0. The highest BCUT2D eigenvalue weighted by atomic mass is 14.7. The molecule has 1 aliphatic carbocycles. The molecule has 0 aliphatic heterocycles. The summed E-state index contributed by atoms with van der Waals surface area (Å²) < 4.78 is 0. The largest absolute Gasteiger partial charge is 0.256 e. The van der Waals surface area contributed by atoms with Gasteiger partial charge in [-0.3, -0.25) is 4.98 Å². The van der Waals surface area contributed by atoms with Crippen LogP contribution in [-0.2, 0) is 0 Å². The van der Waals surface area contributed by atoms with E-state index in [9.17, 15) is 0 Å². The van der Waals surface area contributed by atoms with E-state index in [1.54, 1.807) is 0 Å². The fourth-order valence-corrected chi connectivity index (χ4v) is 5.18. The Balaban J connectivity index is 1.60. The van der Waals surface area contributed by atoms with Crippen molar-refractivity contribution in [2.75, 3.05) is 0 Å². The predicted octanol–water partition coefficient (Wildman–Crippen LogP) is 7.87. The van der Waals surface area contributed by atoms with Gasteiger partial charge in [0, 0.05) is 11.8 Å². The van der Waals surface area contributed by atoms with Crippen LogP contribution in [0.3, 0.4) is 0 Å². The van der Waals surface area contributed by atoms with Gasteiger partial charge in [-0.25, -0.2) is 0 Å². The van der Waals surface area contributed by atoms with Gasteiger partial charge in [0.25, 0.3) is 0 Å². The van der Waals surface area contributed by atoms with Crippen LogP contribution < -0.4 is 0 Å². The number of hydrogen-bond acceptors (Lipinski definition) is 1. The highest BCUT2D eigenvalue weighted by Crippen LogP contribution is 2.38. The molecule has 1 saturated carbocycles. The van der Waals surface area contributed by atoms with Gasteiger partial charge in [-0.1, -0.05) is 73.5 Å². The highest BCUT2D eigenvalue weighted by Gasteiger charge is 2.18. The highest BCUT2D eigenvalue weighted by molar-refractivity contribution is 6.25. The molecule has 0 amide bonds. The molecule has 0 unspecified atom stereocenters. The second kappa shape index (κ2) is 6.70. The number of rotatable bonds is 2. The summed E-state index contributed by atoms with van der Waals surface area (Å²) >= 11 is 0. The minimum atomic E-state index is 0.710. The molecule has 1 aliphatic rings. The van der Waals surface area contributed by atoms with Crippen molar-refractivity contribution in [1.29, 1.82) is 0 Å². The zero-order valence-electron chi connectivity index (χ0n) is 16.4. The Hall–Kier alpha value is -3.19. The van der Waals surface area contributed by atoms with Crippen LogP contribution in [0, 0.1) is 0 Å². The molecule has 0 saturated heterocycles. The Kier molecular flexibility index (Phi) is 3.87. The maximum absolute atomic E-state index is 4.73. The smallest absolute Gasteiger partial charge is 0.0705 e. The zero-order chi connectivity index (χ0) is 19.2. The Bertz CT molecular complexity index is 1320. The summed E-state index contributed by atoms with van der Waals surface area (Å²) in [6.45, 7) is 0. The van der Waals surface area contributed by atoms with Crippen LogP contribution in [0.15, 0.2) is 85.1 Å². The van der Waals surface area contributed by atoms with E-state index in [4.69, 9.17) is 4.98 Å². The van der Waals surface area contributed by atoms with Crippen molar-refractivity contribution in [3.63, 3.8) is 0 Å². The van der Waals surface area contributed by atoms with Crippen LogP contribution in [0.4, 0.5) is 0 Å². The van der Waals surface area contributed by atoms with Gasteiger partial charge in [-0.15, -0.1) is 0 Å². The molecule has 4 aromatic carbocycles. The van der Waals surface area contributed by atoms with Gasteiger partial charge >= 0.3 is 0 Å². The summed E-state index contributed by atoms with van der Waals surface area (Å²) in [5.41, 5.74) is 3.75. The standard InChI is InChI=1S/C28H23N/c1-2-8-19(7-1)20-15-16-29-28(18-20)21-13-14-26-24-11-4-3-9-22(24)23-10-5-6-12-25(23)27(26)17-21/h3-6,9-19H,1-2,7-8H2. The average Bonchev–Trinajstić information content (AvgIpc) is 3.34. The van der Waals surface area contributed by atoms with E-state index in [-0.39, 0.29) is 0 Å². The molecule has 1 aromatic heterocycles. The monoisotopic (exact) mass is 373 g/mol. The lowest BCUT2D eigenvalue weighted by Gasteiger charge is -2.13. The van der Waals surface area contributed by atoms with E-state index in [0.29, 0.717) is 5.92 Å². The maximum atomic E-state index is 4.73. The molecule has 6 rings (SSSR count). The van der Waals surface area contributed by atoms with Crippen LogP contribution in [0.1, 0.15) is 37.2 Å². The molecule has 1 heterocycles. The first kappa shape index (κ1) is 16.7. The van der Waals surface area contributed by atoms with Crippen molar-refractivity contribution >= 4 is 32.3 Å². The lowest BCUT2D eigenvalue weighted by Crippen LogP contribution is -1.94. The molecular weight excluding hydrogens is 350 g/mol. The molecule has 0 radical (unpaired) electrons. The Labute approximate surface area is 171 Å². The summed E-state index contributed by atoms with van der Waals surface area (Å²) in [7, 11) is 0. The van der Waals surface area contributed by atoms with E-state index in [2.05, 4.69) is 78.9 Å². The zero-order valence-corrected chi connectivity index (χ0v) is 16.4. The topological polar surface area (TPSA) is 12.9 Å². The first-order valence-electron chi connectivity index (χ1n) is 10.7. The van der Waals surface area contributed by atoms with Crippen molar-refractivity contribution in [3.8, 4) is 11.3 Å². The normalized spacial score (nSPS) is 14.9.